The molecule has 2 aromatic rings. The van der Waals surface area contributed by atoms with Gasteiger partial charge in [-0.15, -0.1) is 0 Å². The third-order valence-corrected chi connectivity index (χ3v) is 3.69. The standard InChI is InChI=1S/C20H25NO5/c1-4-19(26-18-10-6-8-16(14-18)24-3)20(22)21-11-12-25-17-9-5-7-15(13-17)23-2/h5-10,13-14,19H,4,11-12H2,1-3H3,(H,21,22). The fraction of sp³-hybridized carbons (Fsp3) is 0.350. The summed E-state index contributed by atoms with van der Waals surface area (Å²) in [6.07, 6.45) is -0.0151. The summed E-state index contributed by atoms with van der Waals surface area (Å²) in [6.45, 7) is 2.64. The van der Waals surface area contributed by atoms with Crippen molar-refractivity contribution < 1.29 is 23.7 Å². The molecule has 0 aliphatic heterocycles. The molecule has 0 fully saturated rings. The van der Waals surface area contributed by atoms with Crippen LogP contribution in [-0.4, -0.2) is 39.4 Å². The highest BCUT2D eigenvalue weighted by Crippen LogP contribution is 2.21. The van der Waals surface area contributed by atoms with Crippen LogP contribution in [-0.2, 0) is 4.79 Å². The van der Waals surface area contributed by atoms with Crippen LogP contribution in [0, 0.1) is 0 Å². The second-order valence-electron chi connectivity index (χ2n) is 5.51. The van der Waals surface area contributed by atoms with E-state index in [-0.39, 0.29) is 5.91 Å². The summed E-state index contributed by atoms with van der Waals surface area (Å²) < 4.78 is 21.7. The van der Waals surface area contributed by atoms with E-state index < -0.39 is 6.10 Å². The highest BCUT2D eigenvalue weighted by molar-refractivity contribution is 5.81. The molecule has 2 rings (SSSR count). The summed E-state index contributed by atoms with van der Waals surface area (Å²) in [5.74, 6) is 2.52. The summed E-state index contributed by atoms with van der Waals surface area (Å²) >= 11 is 0. The van der Waals surface area contributed by atoms with Crippen molar-refractivity contribution in [2.24, 2.45) is 0 Å². The number of ether oxygens (including phenoxy) is 4. The van der Waals surface area contributed by atoms with Gasteiger partial charge in [0.15, 0.2) is 6.10 Å². The summed E-state index contributed by atoms with van der Waals surface area (Å²) in [7, 11) is 3.19. The second kappa shape index (κ2) is 10.2. The van der Waals surface area contributed by atoms with E-state index in [9.17, 15) is 4.79 Å². The third kappa shape index (κ3) is 5.88. The van der Waals surface area contributed by atoms with Crippen LogP contribution < -0.4 is 24.3 Å². The number of amides is 1. The van der Waals surface area contributed by atoms with E-state index in [4.69, 9.17) is 18.9 Å². The molecule has 1 atom stereocenters. The topological polar surface area (TPSA) is 66.0 Å². The van der Waals surface area contributed by atoms with Gasteiger partial charge in [0, 0.05) is 12.1 Å². The van der Waals surface area contributed by atoms with Gasteiger partial charge < -0.3 is 24.3 Å². The lowest BCUT2D eigenvalue weighted by Gasteiger charge is -2.18. The molecule has 0 saturated heterocycles. The van der Waals surface area contributed by atoms with Crippen LogP contribution in [0.3, 0.4) is 0 Å². The molecule has 140 valence electrons. The maximum Gasteiger partial charge on any atom is 0.261 e. The molecule has 26 heavy (non-hydrogen) atoms. The Labute approximate surface area is 154 Å². The minimum atomic E-state index is -0.570. The largest absolute Gasteiger partial charge is 0.497 e. The predicted molar refractivity (Wildman–Crippen MR) is 99.2 cm³/mol. The van der Waals surface area contributed by atoms with Crippen LogP contribution in [0.5, 0.6) is 23.0 Å². The summed E-state index contributed by atoms with van der Waals surface area (Å²) in [4.78, 5) is 12.3. The fourth-order valence-corrected chi connectivity index (χ4v) is 2.31. The quantitative estimate of drug-likeness (QED) is 0.661. The van der Waals surface area contributed by atoms with Crippen molar-refractivity contribution in [3.8, 4) is 23.0 Å². The van der Waals surface area contributed by atoms with E-state index in [0.29, 0.717) is 36.8 Å². The summed E-state index contributed by atoms with van der Waals surface area (Å²) in [5, 5.41) is 2.83. The van der Waals surface area contributed by atoms with Crippen molar-refractivity contribution in [3.05, 3.63) is 48.5 Å². The van der Waals surface area contributed by atoms with Crippen molar-refractivity contribution in [1.82, 2.24) is 5.32 Å². The molecular formula is C20H25NO5. The van der Waals surface area contributed by atoms with Gasteiger partial charge in [-0.2, -0.15) is 0 Å². The Morgan fingerprint density at radius 3 is 2.15 bits per heavy atom. The molecule has 6 heteroatoms. The van der Waals surface area contributed by atoms with Crippen LogP contribution in [0.2, 0.25) is 0 Å². The average Bonchev–Trinajstić information content (AvgIpc) is 2.69. The van der Waals surface area contributed by atoms with Gasteiger partial charge in [0.25, 0.3) is 5.91 Å². The first-order chi connectivity index (χ1) is 12.7. The first-order valence-corrected chi connectivity index (χ1v) is 8.51. The zero-order chi connectivity index (χ0) is 18.8. The Morgan fingerprint density at radius 1 is 0.962 bits per heavy atom. The molecule has 6 nitrogen and oxygen atoms in total. The Hall–Kier alpha value is -2.89. The molecule has 1 unspecified atom stereocenters. The minimum Gasteiger partial charge on any atom is -0.497 e. The Bertz CT molecular complexity index is 704. The average molecular weight is 359 g/mol. The number of benzene rings is 2. The normalized spacial score (nSPS) is 11.3. The number of nitrogens with one attached hydrogen (secondary N) is 1. The van der Waals surface area contributed by atoms with Gasteiger partial charge in [-0.25, -0.2) is 0 Å². The van der Waals surface area contributed by atoms with Crippen LogP contribution in [0.1, 0.15) is 13.3 Å². The zero-order valence-corrected chi connectivity index (χ0v) is 15.4. The maximum absolute atomic E-state index is 12.3. The highest BCUT2D eigenvalue weighted by atomic mass is 16.5. The van der Waals surface area contributed by atoms with Crippen molar-refractivity contribution in [1.29, 1.82) is 0 Å². The molecule has 0 radical (unpaired) electrons. The molecule has 0 spiro atoms. The fourth-order valence-electron chi connectivity index (χ4n) is 2.31. The maximum atomic E-state index is 12.3. The van der Waals surface area contributed by atoms with Crippen LogP contribution in [0.4, 0.5) is 0 Å². The van der Waals surface area contributed by atoms with Crippen molar-refractivity contribution >= 4 is 5.91 Å². The Kier molecular flexibility index (Phi) is 7.61. The molecule has 0 heterocycles. The molecule has 1 N–H and O–H groups in total. The summed E-state index contributed by atoms with van der Waals surface area (Å²) in [5.41, 5.74) is 0. The summed E-state index contributed by atoms with van der Waals surface area (Å²) in [6, 6.07) is 14.5. The third-order valence-electron chi connectivity index (χ3n) is 3.69. The second-order valence-corrected chi connectivity index (χ2v) is 5.51. The first kappa shape index (κ1) is 19.4. The molecule has 0 aromatic heterocycles. The molecular weight excluding hydrogens is 334 g/mol. The van der Waals surface area contributed by atoms with Crippen molar-refractivity contribution in [3.63, 3.8) is 0 Å². The van der Waals surface area contributed by atoms with Gasteiger partial charge in [-0.3, -0.25) is 4.79 Å². The van der Waals surface area contributed by atoms with Crippen LogP contribution in [0.15, 0.2) is 48.5 Å². The number of carbonyl (C=O) groups excluding carboxylic acids is 1. The Balaban J connectivity index is 1.79. The molecule has 1 amide bonds. The van der Waals surface area contributed by atoms with Crippen molar-refractivity contribution in [2.75, 3.05) is 27.4 Å². The van der Waals surface area contributed by atoms with E-state index in [2.05, 4.69) is 5.32 Å². The van der Waals surface area contributed by atoms with E-state index in [1.54, 1.807) is 32.4 Å². The highest BCUT2D eigenvalue weighted by Gasteiger charge is 2.18. The minimum absolute atomic E-state index is 0.176. The molecule has 2 aromatic carbocycles. The van der Waals surface area contributed by atoms with Crippen LogP contribution in [0.25, 0.3) is 0 Å². The zero-order valence-electron chi connectivity index (χ0n) is 15.4. The van der Waals surface area contributed by atoms with E-state index in [1.165, 1.54) is 0 Å². The SMILES string of the molecule is CCC(Oc1cccc(OC)c1)C(=O)NCCOc1cccc(OC)c1. The molecule has 0 saturated carbocycles. The lowest BCUT2D eigenvalue weighted by Crippen LogP contribution is -2.39. The smallest absolute Gasteiger partial charge is 0.261 e. The van der Waals surface area contributed by atoms with Gasteiger partial charge in [0.2, 0.25) is 0 Å². The van der Waals surface area contributed by atoms with Gasteiger partial charge in [0.1, 0.15) is 29.6 Å². The molecule has 0 bridgehead atoms. The number of carbonyl (C=O) groups is 1. The van der Waals surface area contributed by atoms with Gasteiger partial charge >= 0.3 is 0 Å². The molecule has 0 aliphatic carbocycles. The molecule has 0 aliphatic rings. The number of methoxy groups -OCH3 is 2. The van der Waals surface area contributed by atoms with E-state index in [0.717, 1.165) is 5.75 Å². The van der Waals surface area contributed by atoms with Gasteiger partial charge in [-0.1, -0.05) is 19.1 Å². The monoisotopic (exact) mass is 359 g/mol. The number of hydrogen-bond donors (Lipinski definition) is 1. The lowest BCUT2D eigenvalue weighted by molar-refractivity contribution is -0.128. The predicted octanol–water partition coefficient (Wildman–Crippen LogP) is 3.06. The van der Waals surface area contributed by atoms with E-state index in [1.807, 2.05) is 37.3 Å². The van der Waals surface area contributed by atoms with Crippen LogP contribution >= 0.6 is 0 Å². The van der Waals surface area contributed by atoms with Gasteiger partial charge in [-0.05, 0) is 30.7 Å². The first-order valence-electron chi connectivity index (χ1n) is 8.51. The number of hydrogen-bond acceptors (Lipinski definition) is 5. The van der Waals surface area contributed by atoms with E-state index >= 15 is 0 Å². The van der Waals surface area contributed by atoms with Crippen molar-refractivity contribution in [2.45, 2.75) is 19.4 Å². The Morgan fingerprint density at radius 2 is 1.54 bits per heavy atom. The van der Waals surface area contributed by atoms with Gasteiger partial charge in [0.05, 0.1) is 20.8 Å². The lowest BCUT2D eigenvalue weighted by atomic mass is 10.2. The number of rotatable bonds is 10.